The van der Waals surface area contributed by atoms with Crippen molar-refractivity contribution in [2.45, 2.75) is 39.8 Å². The molecule has 0 bridgehead atoms. The van der Waals surface area contributed by atoms with Crippen LogP contribution in [-0.2, 0) is 13.0 Å². The Morgan fingerprint density at radius 2 is 2.24 bits per heavy atom. The first kappa shape index (κ1) is 13.9. The number of ether oxygens (including phenoxy) is 1. The standard InChI is InChI=1S/C14H19N5O2/c1-4-20-14-11-7-19(6-5-12(11)15-8-16-14)9(2)13-18-17-10(3)21-13/h8-9H,4-7H2,1-3H3/t9-/m0/s1. The summed E-state index contributed by atoms with van der Waals surface area (Å²) in [6, 6.07) is 0.0639. The minimum Gasteiger partial charge on any atom is -0.478 e. The van der Waals surface area contributed by atoms with Crippen molar-refractivity contribution in [1.29, 1.82) is 0 Å². The third-order valence-corrected chi connectivity index (χ3v) is 3.72. The second-order valence-electron chi connectivity index (χ2n) is 5.09. The van der Waals surface area contributed by atoms with Crippen LogP contribution in [0.5, 0.6) is 5.88 Å². The zero-order valence-corrected chi connectivity index (χ0v) is 12.5. The summed E-state index contributed by atoms with van der Waals surface area (Å²) in [6.45, 7) is 8.06. The Morgan fingerprint density at radius 1 is 1.38 bits per heavy atom. The number of nitrogens with zero attached hydrogens (tertiary/aromatic N) is 5. The minimum atomic E-state index is 0.0639. The van der Waals surface area contributed by atoms with Gasteiger partial charge in [-0.1, -0.05) is 0 Å². The van der Waals surface area contributed by atoms with E-state index in [4.69, 9.17) is 9.15 Å². The maximum atomic E-state index is 5.61. The Hall–Kier alpha value is -2.02. The highest BCUT2D eigenvalue weighted by molar-refractivity contribution is 5.31. The summed E-state index contributed by atoms with van der Waals surface area (Å²) in [4.78, 5) is 10.9. The summed E-state index contributed by atoms with van der Waals surface area (Å²) in [5.41, 5.74) is 2.13. The Kier molecular flexibility index (Phi) is 3.83. The first-order valence-electron chi connectivity index (χ1n) is 7.18. The van der Waals surface area contributed by atoms with Crippen molar-refractivity contribution in [3.63, 3.8) is 0 Å². The molecule has 0 saturated carbocycles. The number of rotatable bonds is 4. The third kappa shape index (κ3) is 2.73. The Morgan fingerprint density at radius 3 is 2.95 bits per heavy atom. The van der Waals surface area contributed by atoms with Crippen LogP contribution in [0.4, 0.5) is 0 Å². The summed E-state index contributed by atoms with van der Waals surface area (Å²) in [7, 11) is 0. The van der Waals surface area contributed by atoms with Crippen molar-refractivity contribution in [2.75, 3.05) is 13.2 Å². The van der Waals surface area contributed by atoms with E-state index >= 15 is 0 Å². The van der Waals surface area contributed by atoms with Gasteiger partial charge in [-0.15, -0.1) is 10.2 Å². The van der Waals surface area contributed by atoms with Gasteiger partial charge < -0.3 is 9.15 Å². The van der Waals surface area contributed by atoms with E-state index in [1.54, 1.807) is 13.3 Å². The SMILES string of the molecule is CCOc1ncnc2c1CN([C@@H](C)c1nnc(C)o1)CC2. The molecule has 0 radical (unpaired) electrons. The summed E-state index contributed by atoms with van der Waals surface area (Å²) < 4.78 is 11.2. The zero-order chi connectivity index (χ0) is 14.8. The van der Waals surface area contributed by atoms with E-state index in [2.05, 4.69) is 32.0 Å². The lowest BCUT2D eigenvalue weighted by molar-refractivity contribution is 0.160. The van der Waals surface area contributed by atoms with Crippen LogP contribution in [0.15, 0.2) is 10.7 Å². The van der Waals surface area contributed by atoms with Gasteiger partial charge in [0.15, 0.2) is 0 Å². The monoisotopic (exact) mass is 289 g/mol. The maximum absolute atomic E-state index is 5.61. The Labute approximate surface area is 123 Å². The molecule has 1 aliphatic heterocycles. The molecule has 1 atom stereocenters. The quantitative estimate of drug-likeness (QED) is 0.847. The van der Waals surface area contributed by atoms with Crippen molar-refractivity contribution < 1.29 is 9.15 Å². The third-order valence-electron chi connectivity index (χ3n) is 3.72. The van der Waals surface area contributed by atoms with Crippen molar-refractivity contribution in [3.8, 4) is 5.88 Å². The van der Waals surface area contributed by atoms with Crippen LogP contribution >= 0.6 is 0 Å². The molecule has 112 valence electrons. The molecule has 1 aliphatic rings. The molecule has 7 nitrogen and oxygen atoms in total. The van der Waals surface area contributed by atoms with Crippen LogP contribution in [0.25, 0.3) is 0 Å². The summed E-state index contributed by atoms with van der Waals surface area (Å²) >= 11 is 0. The molecule has 21 heavy (non-hydrogen) atoms. The first-order valence-corrected chi connectivity index (χ1v) is 7.18. The van der Waals surface area contributed by atoms with Crippen LogP contribution in [-0.4, -0.2) is 38.2 Å². The molecular weight excluding hydrogens is 270 g/mol. The molecular formula is C14H19N5O2. The van der Waals surface area contributed by atoms with Gasteiger partial charge in [-0.05, 0) is 13.8 Å². The largest absolute Gasteiger partial charge is 0.478 e. The Balaban J connectivity index is 1.83. The van der Waals surface area contributed by atoms with Gasteiger partial charge in [0.25, 0.3) is 0 Å². The van der Waals surface area contributed by atoms with Gasteiger partial charge in [0.2, 0.25) is 17.7 Å². The molecule has 0 aromatic carbocycles. The fourth-order valence-corrected chi connectivity index (χ4v) is 2.56. The lowest BCUT2D eigenvalue weighted by atomic mass is 10.0. The highest BCUT2D eigenvalue weighted by Gasteiger charge is 2.28. The van der Waals surface area contributed by atoms with E-state index in [1.807, 2.05) is 6.92 Å². The average Bonchev–Trinajstić information content (AvgIpc) is 2.93. The summed E-state index contributed by atoms with van der Waals surface area (Å²) in [6.07, 6.45) is 2.44. The number of hydrogen-bond acceptors (Lipinski definition) is 7. The lowest BCUT2D eigenvalue weighted by Gasteiger charge is -2.31. The molecule has 3 rings (SSSR count). The summed E-state index contributed by atoms with van der Waals surface area (Å²) in [5, 5.41) is 8.02. The number of aryl methyl sites for hydroxylation is 1. The van der Waals surface area contributed by atoms with Gasteiger partial charge >= 0.3 is 0 Å². The van der Waals surface area contributed by atoms with Crippen molar-refractivity contribution in [2.24, 2.45) is 0 Å². The summed E-state index contributed by atoms with van der Waals surface area (Å²) in [5.74, 6) is 1.92. The molecule has 0 amide bonds. The fourth-order valence-electron chi connectivity index (χ4n) is 2.56. The van der Waals surface area contributed by atoms with Gasteiger partial charge in [0.1, 0.15) is 6.33 Å². The average molecular weight is 289 g/mol. The van der Waals surface area contributed by atoms with E-state index in [0.29, 0.717) is 24.3 Å². The number of hydrogen-bond donors (Lipinski definition) is 0. The predicted octanol–water partition coefficient (Wildman–Crippen LogP) is 1.69. The second kappa shape index (κ2) is 5.77. The van der Waals surface area contributed by atoms with Gasteiger partial charge in [0.05, 0.1) is 18.3 Å². The minimum absolute atomic E-state index is 0.0639. The normalized spacial score (nSPS) is 16.5. The fraction of sp³-hybridized carbons (Fsp3) is 0.571. The van der Waals surface area contributed by atoms with E-state index in [0.717, 1.165) is 30.8 Å². The van der Waals surface area contributed by atoms with E-state index in [9.17, 15) is 0 Å². The van der Waals surface area contributed by atoms with Gasteiger partial charge in [-0.25, -0.2) is 9.97 Å². The maximum Gasteiger partial charge on any atom is 0.233 e. The van der Waals surface area contributed by atoms with Crippen molar-refractivity contribution >= 4 is 0 Å². The molecule has 7 heteroatoms. The highest BCUT2D eigenvalue weighted by Crippen LogP contribution is 2.29. The molecule has 0 aliphatic carbocycles. The van der Waals surface area contributed by atoms with E-state index < -0.39 is 0 Å². The van der Waals surface area contributed by atoms with Crippen LogP contribution in [0.2, 0.25) is 0 Å². The molecule has 2 aromatic heterocycles. The van der Waals surface area contributed by atoms with E-state index in [-0.39, 0.29) is 6.04 Å². The molecule has 0 saturated heterocycles. The van der Waals surface area contributed by atoms with Crippen LogP contribution < -0.4 is 4.74 Å². The van der Waals surface area contributed by atoms with Gasteiger partial charge in [-0.2, -0.15) is 0 Å². The second-order valence-corrected chi connectivity index (χ2v) is 5.09. The molecule has 2 aromatic rings. The first-order chi connectivity index (χ1) is 10.2. The topological polar surface area (TPSA) is 77.2 Å². The van der Waals surface area contributed by atoms with Crippen molar-refractivity contribution in [1.82, 2.24) is 25.1 Å². The van der Waals surface area contributed by atoms with E-state index in [1.165, 1.54) is 0 Å². The van der Waals surface area contributed by atoms with Gasteiger partial charge in [-0.3, -0.25) is 4.90 Å². The molecule has 0 N–H and O–H groups in total. The molecule has 0 fully saturated rings. The molecule has 0 spiro atoms. The zero-order valence-electron chi connectivity index (χ0n) is 12.5. The van der Waals surface area contributed by atoms with Crippen LogP contribution in [0, 0.1) is 6.92 Å². The van der Waals surface area contributed by atoms with Crippen LogP contribution in [0.1, 0.15) is 42.9 Å². The number of fused-ring (bicyclic) bond motifs is 1. The molecule has 3 heterocycles. The Bertz CT molecular complexity index is 628. The van der Waals surface area contributed by atoms with Gasteiger partial charge in [0, 0.05) is 32.0 Å². The predicted molar refractivity (Wildman–Crippen MR) is 74.8 cm³/mol. The van der Waals surface area contributed by atoms with Crippen molar-refractivity contribution in [3.05, 3.63) is 29.4 Å². The molecule has 0 unspecified atom stereocenters. The highest BCUT2D eigenvalue weighted by atomic mass is 16.5. The smallest absolute Gasteiger partial charge is 0.233 e. The van der Waals surface area contributed by atoms with Crippen LogP contribution in [0.3, 0.4) is 0 Å². The lowest BCUT2D eigenvalue weighted by Crippen LogP contribution is -2.34. The number of aromatic nitrogens is 4.